The molecule has 3 aromatic rings. The lowest BCUT2D eigenvalue weighted by Crippen LogP contribution is -2.33. The number of carbonyl (C=O) groups excluding carboxylic acids is 2. The van der Waals surface area contributed by atoms with Crippen LogP contribution in [0.5, 0.6) is 0 Å². The molecule has 0 spiro atoms. The third-order valence-corrected chi connectivity index (χ3v) is 3.60. The third kappa shape index (κ3) is 2.70. The Morgan fingerprint density at radius 1 is 1.35 bits per heavy atom. The normalized spacial score (nSPS) is 10.9. The molecule has 0 aliphatic carbocycles. The molecule has 0 radical (unpaired) electrons. The number of furan rings is 1. The summed E-state index contributed by atoms with van der Waals surface area (Å²) in [6.45, 7) is 3.27. The molecule has 0 aliphatic heterocycles. The Labute approximate surface area is 131 Å². The average Bonchev–Trinajstić information content (AvgIpc) is 3.18. The maximum absolute atomic E-state index is 12.2. The number of aromatic nitrogens is 2. The lowest BCUT2D eigenvalue weighted by molar-refractivity contribution is -0.115. The Morgan fingerprint density at radius 2 is 2.13 bits per heavy atom. The van der Waals surface area contributed by atoms with E-state index in [1.165, 1.54) is 0 Å². The lowest BCUT2D eigenvalue weighted by Gasteiger charge is -2.07. The van der Waals surface area contributed by atoms with Gasteiger partial charge in [-0.1, -0.05) is 5.16 Å². The minimum absolute atomic E-state index is 0.157. The van der Waals surface area contributed by atoms with E-state index in [4.69, 9.17) is 8.94 Å². The molecule has 0 aliphatic rings. The molecule has 2 N–H and O–H groups in total. The number of hydrogen-bond acceptors (Lipinski definition) is 5. The fraction of sp³-hybridized carbons (Fsp3) is 0.267. The van der Waals surface area contributed by atoms with Crippen LogP contribution in [-0.4, -0.2) is 28.1 Å². The molecule has 120 valence electrons. The van der Waals surface area contributed by atoms with Crippen molar-refractivity contribution < 1.29 is 18.5 Å². The topological polar surface area (TPSA) is 102 Å². The first-order chi connectivity index (χ1) is 11.0. The summed E-state index contributed by atoms with van der Waals surface area (Å²) < 4.78 is 11.9. The number of hydrogen-bond donors (Lipinski definition) is 2. The molecule has 0 bridgehead atoms. The first-order valence-electron chi connectivity index (χ1n) is 7.01. The fourth-order valence-corrected chi connectivity index (χ4v) is 2.36. The molecule has 0 saturated carbocycles. The Morgan fingerprint density at radius 3 is 2.78 bits per heavy atom. The van der Waals surface area contributed by atoms with Gasteiger partial charge in [-0.15, -0.1) is 0 Å². The number of fused-ring (bicyclic) bond motifs is 1. The van der Waals surface area contributed by atoms with Crippen molar-refractivity contribution in [3.8, 4) is 0 Å². The van der Waals surface area contributed by atoms with E-state index in [-0.39, 0.29) is 18.4 Å². The van der Waals surface area contributed by atoms with Gasteiger partial charge in [0, 0.05) is 19.2 Å². The summed E-state index contributed by atoms with van der Waals surface area (Å²) >= 11 is 0. The maximum Gasteiger partial charge on any atom is 0.268 e. The lowest BCUT2D eigenvalue weighted by atomic mass is 10.3. The number of amides is 2. The number of carbonyl (C=O) groups is 2. The largest absolute Gasteiger partial charge is 0.463 e. The molecular formula is C15H16N4O4. The van der Waals surface area contributed by atoms with E-state index >= 15 is 0 Å². The molecule has 0 unspecified atom stereocenters. The smallest absolute Gasteiger partial charge is 0.268 e. The van der Waals surface area contributed by atoms with E-state index < -0.39 is 0 Å². The van der Waals surface area contributed by atoms with E-state index in [2.05, 4.69) is 15.8 Å². The molecule has 0 saturated heterocycles. The van der Waals surface area contributed by atoms with Gasteiger partial charge in [0.25, 0.3) is 5.91 Å². The molecular weight excluding hydrogens is 300 g/mol. The van der Waals surface area contributed by atoms with Gasteiger partial charge in [0.15, 0.2) is 11.3 Å². The van der Waals surface area contributed by atoms with Crippen LogP contribution < -0.4 is 10.6 Å². The molecule has 2 amide bonds. The maximum atomic E-state index is 12.2. The Kier molecular flexibility index (Phi) is 3.65. The van der Waals surface area contributed by atoms with Crippen LogP contribution >= 0.6 is 0 Å². The highest BCUT2D eigenvalue weighted by Crippen LogP contribution is 2.20. The van der Waals surface area contributed by atoms with Crippen molar-refractivity contribution in [3.63, 3.8) is 0 Å². The van der Waals surface area contributed by atoms with Crippen LogP contribution in [-0.2, 0) is 11.8 Å². The van der Waals surface area contributed by atoms with Gasteiger partial charge >= 0.3 is 0 Å². The predicted molar refractivity (Wildman–Crippen MR) is 82.1 cm³/mol. The second-order valence-electron chi connectivity index (χ2n) is 5.19. The molecule has 0 atom stereocenters. The minimum atomic E-state index is -0.356. The second-order valence-corrected chi connectivity index (χ2v) is 5.19. The Bertz CT molecular complexity index is 867. The minimum Gasteiger partial charge on any atom is -0.463 e. The summed E-state index contributed by atoms with van der Waals surface area (Å²) in [6.07, 6.45) is 1.56. The second kappa shape index (κ2) is 5.64. The molecule has 8 nitrogen and oxygen atoms in total. The SMILES string of the molecule is Cc1noc(C)c1NC(=O)CNC(=O)c1cc2occc2n1C. The Balaban J connectivity index is 1.63. The standard InChI is InChI=1S/C15H16N4O4/c1-8-14(9(2)23-18-8)17-13(20)7-16-15(21)11-6-12-10(19(11)3)4-5-22-12/h4-6H,7H2,1-3H3,(H,16,21)(H,17,20). The van der Waals surface area contributed by atoms with Crippen LogP contribution in [0.4, 0.5) is 5.69 Å². The highest BCUT2D eigenvalue weighted by molar-refractivity contribution is 6.01. The molecule has 3 aromatic heterocycles. The van der Waals surface area contributed by atoms with Crippen LogP contribution in [0, 0.1) is 13.8 Å². The number of rotatable bonds is 4. The molecule has 3 heterocycles. The van der Waals surface area contributed by atoms with Crippen LogP contribution in [0.2, 0.25) is 0 Å². The quantitative estimate of drug-likeness (QED) is 0.763. The first kappa shape index (κ1) is 14.9. The van der Waals surface area contributed by atoms with Gasteiger partial charge in [-0.25, -0.2) is 0 Å². The van der Waals surface area contributed by atoms with Gasteiger partial charge in [0.2, 0.25) is 5.91 Å². The van der Waals surface area contributed by atoms with Gasteiger partial charge < -0.3 is 24.1 Å². The number of anilines is 1. The van der Waals surface area contributed by atoms with Crippen LogP contribution in [0.3, 0.4) is 0 Å². The molecule has 8 heteroatoms. The molecule has 0 aromatic carbocycles. The summed E-state index contributed by atoms with van der Waals surface area (Å²) in [5.41, 5.74) is 2.98. The van der Waals surface area contributed by atoms with Gasteiger partial charge in [-0.3, -0.25) is 9.59 Å². The third-order valence-electron chi connectivity index (χ3n) is 3.60. The zero-order valence-electron chi connectivity index (χ0n) is 13.0. The van der Waals surface area contributed by atoms with Crippen LogP contribution in [0.1, 0.15) is 21.9 Å². The van der Waals surface area contributed by atoms with E-state index in [9.17, 15) is 9.59 Å². The van der Waals surface area contributed by atoms with E-state index in [1.807, 2.05) is 0 Å². The van der Waals surface area contributed by atoms with Crippen molar-refractivity contribution in [1.29, 1.82) is 0 Å². The van der Waals surface area contributed by atoms with E-state index in [0.29, 0.717) is 28.4 Å². The fourth-order valence-electron chi connectivity index (χ4n) is 2.36. The van der Waals surface area contributed by atoms with Crippen molar-refractivity contribution in [2.75, 3.05) is 11.9 Å². The summed E-state index contributed by atoms with van der Waals surface area (Å²) in [4.78, 5) is 24.1. The summed E-state index contributed by atoms with van der Waals surface area (Å²) in [7, 11) is 1.76. The molecule has 23 heavy (non-hydrogen) atoms. The van der Waals surface area contributed by atoms with Crippen molar-refractivity contribution >= 4 is 28.6 Å². The zero-order valence-corrected chi connectivity index (χ0v) is 13.0. The predicted octanol–water partition coefficient (Wildman–Crippen LogP) is 1.74. The van der Waals surface area contributed by atoms with Crippen LogP contribution in [0.25, 0.3) is 11.1 Å². The van der Waals surface area contributed by atoms with Gasteiger partial charge in [0.1, 0.15) is 17.1 Å². The Hall–Kier alpha value is -3.03. The number of aryl methyl sites for hydroxylation is 3. The average molecular weight is 316 g/mol. The summed E-state index contributed by atoms with van der Waals surface area (Å²) in [6, 6.07) is 3.41. The summed E-state index contributed by atoms with van der Waals surface area (Å²) in [5.74, 6) is -0.191. The highest BCUT2D eigenvalue weighted by Gasteiger charge is 2.17. The zero-order chi connectivity index (χ0) is 16.6. The van der Waals surface area contributed by atoms with Crippen molar-refractivity contribution in [2.45, 2.75) is 13.8 Å². The van der Waals surface area contributed by atoms with E-state index in [0.717, 1.165) is 5.52 Å². The van der Waals surface area contributed by atoms with E-state index in [1.54, 1.807) is 43.9 Å². The van der Waals surface area contributed by atoms with Gasteiger partial charge in [0.05, 0.1) is 18.3 Å². The van der Waals surface area contributed by atoms with Crippen molar-refractivity contribution in [1.82, 2.24) is 15.0 Å². The molecule has 0 fully saturated rings. The van der Waals surface area contributed by atoms with Crippen LogP contribution in [0.15, 0.2) is 27.3 Å². The number of nitrogens with one attached hydrogen (secondary N) is 2. The first-order valence-corrected chi connectivity index (χ1v) is 7.01. The van der Waals surface area contributed by atoms with Gasteiger partial charge in [-0.2, -0.15) is 0 Å². The van der Waals surface area contributed by atoms with Gasteiger partial charge in [-0.05, 0) is 13.8 Å². The monoisotopic (exact) mass is 316 g/mol. The van der Waals surface area contributed by atoms with Crippen molar-refractivity contribution in [3.05, 3.63) is 35.5 Å². The number of nitrogens with zero attached hydrogens (tertiary/aromatic N) is 2. The van der Waals surface area contributed by atoms with Crippen molar-refractivity contribution in [2.24, 2.45) is 7.05 Å². The molecule has 3 rings (SSSR count). The highest BCUT2D eigenvalue weighted by atomic mass is 16.5. The summed E-state index contributed by atoms with van der Waals surface area (Å²) in [5, 5.41) is 8.99.